The standard InChI is InChI=1S/C20H23FN2O/c21-17-7-3-5-15(13-17)14-18-8-4-12-23(18)20(24)11-10-16-6-1-2-9-19(16)22/h1-3,5-7,9,13,18H,4,8,10-12,14,22H2. The maximum absolute atomic E-state index is 13.4. The summed E-state index contributed by atoms with van der Waals surface area (Å²) in [6, 6.07) is 14.5. The molecule has 2 N–H and O–H groups in total. The molecule has 0 spiro atoms. The molecule has 4 heteroatoms. The zero-order valence-corrected chi connectivity index (χ0v) is 13.7. The molecule has 1 amide bonds. The number of carbonyl (C=O) groups is 1. The predicted molar refractivity (Wildman–Crippen MR) is 94.0 cm³/mol. The van der Waals surface area contributed by atoms with Crippen molar-refractivity contribution in [1.29, 1.82) is 0 Å². The van der Waals surface area contributed by atoms with Gasteiger partial charge in [0.1, 0.15) is 5.82 Å². The average Bonchev–Trinajstić information content (AvgIpc) is 3.02. The molecule has 0 radical (unpaired) electrons. The minimum Gasteiger partial charge on any atom is -0.399 e. The highest BCUT2D eigenvalue weighted by Crippen LogP contribution is 2.23. The fraction of sp³-hybridized carbons (Fsp3) is 0.350. The van der Waals surface area contributed by atoms with Crippen LogP contribution in [0.4, 0.5) is 10.1 Å². The van der Waals surface area contributed by atoms with Crippen LogP contribution in [-0.2, 0) is 17.6 Å². The maximum atomic E-state index is 13.4. The number of rotatable bonds is 5. The Morgan fingerprint density at radius 2 is 2.04 bits per heavy atom. The van der Waals surface area contributed by atoms with Crippen molar-refractivity contribution in [3.05, 3.63) is 65.5 Å². The SMILES string of the molecule is Nc1ccccc1CCC(=O)N1CCCC1Cc1cccc(F)c1. The third kappa shape index (κ3) is 3.94. The topological polar surface area (TPSA) is 46.3 Å². The Kier molecular flexibility index (Phi) is 5.14. The third-order valence-electron chi connectivity index (χ3n) is 4.72. The van der Waals surface area contributed by atoms with Gasteiger partial charge in [-0.3, -0.25) is 4.79 Å². The summed E-state index contributed by atoms with van der Waals surface area (Å²) in [5, 5.41) is 0. The number of aryl methyl sites for hydroxylation is 1. The number of nitrogens with two attached hydrogens (primary N) is 1. The van der Waals surface area contributed by atoms with Crippen LogP contribution in [0.15, 0.2) is 48.5 Å². The number of nitrogens with zero attached hydrogens (tertiary/aromatic N) is 1. The summed E-state index contributed by atoms with van der Waals surface area (Å²) in [6.45, 7) is 0.795. The molecule has 2 aromatic rings. The lowest BCUT2D eigenvalue weighted by molar-refractivity contribution is -0.131. The van der Waals surface area contributed by atoms with Gasteiger partial charge in [0, 0.05) is 24.7 Å². The number of anilines is 1. The summed E-state index contributed by atoms with van der Waals surface area (Å²) in [5.74, 6) is -0.0555. The van der Waals surface area contributed by atoms with E-state index in [2.05, 4.69) is 0 Å². The molecule has 2 aromatic carbocycles. The molecule has 1 saturated heterocycles. The first-order valence-corrected chi connectivity index (χ1v) is 8.51. The molecule has 24 heavy (non-hydrogen) atoms. The first kappa shape index (κ1) is 16.5. The Labute approximate surface area is 142 Å². The molecular weight excluding hydrogens is 303 g/mol. The highest BCUT2D eigenvalue weighted by Gasteiger charge is 2.28. The fourth-order valence-corrected chi connectivity index (χ4v) is 3.46. The van der Waals surface area contributed by atoms with Gasteiger partial charge in [-0.2, -0.15) is 0 Å². The van der Waals surface area contributed by atoms with E-state index in [9.17, 15) is 9.18 Å². The van der Waals surface area contributed by atoms with Crippen LogP contribution in [0.5, 0.6) is 0 Å². The number of carbonyl (C=O) groups excluding carboxylic acids is 1. The summed E-state index contributed by atoms with van der Waals surface area (Å²) < 4.78 is 13.4. The van der Waals surface area contributed by atoms with Crippen LogP contribution in [0.2, 0.25) is 0 Å². The Bertz CT molecular complexity index is 716. The Morgan fingerprint density at radius 3 is 2.83 bits per heavy atom. The zero-order chi connectivity index (χ0) is 16.9. The average molecular weight is 326 g/mol. The van der Waals surface area contributed by atoms with Crippen LogP contribution < -0.4 is 5.73 Å². The van der Waals surface area contributed by atoms with Gasteiger partial charge in [0.05, 0.1) is 0 Å². The number of halogens is 1. The van der Waals surface area contributed by atoms with Crippen LogP contribution in [0.25, 0.3) is 0 Å². The van der Waals surface area contributed by atoms with Gasteiger partial charge in [-0.25, -0.2) is 4.39 Å². The van der Waals surface area contributed by atoms with Crippen molar-refractivity contribution in [3.63, 3.8) is 0 Å². The molecule has 1 aliphatic rings. The second-order valence-electron chi connectivity index (χ2n) is 6.42. The number of nitrogen functional groups attached to an aromatic ring is 1. The van der Waals surface area contributed by atoms with E-state index in [-0.39, 0.29) is 17.8 Å². The molecule has 1 heterocycles. The number of hydrogen-bond donors (Lipinski definition) is 1. The maximum Gasteiger partial charge on any atom is 0.223 e. The molecule has 3 nitrogen and oxygen atoms in total. The molecule has 1 unspecified atom stereocenters. The van der Waals surface area contributed by atoms with Gasteiger partial charge in [0.2, 0.25) is 5.91 Å². The van der Waals surface area contributed by atoms with Crippen molar-refractivity contribution in [1.82, 2.24) is 4.90 Å². The highest BCUT2D eigenvalue weighted by molar-refractivity contribution is 5.77. The fourth-order valence-electron chi connectivity index (χ4n) is 3.46. The van der Waals surface area contributed by atoms with Gasteiger partial charge in [-0.15, -0.1) is 0 Å². The second kappa shape index (κ2) is 7.47. The molecule has 3 rings (SSSR count). The monoisotopic (exact) mass is 326 g/mol. The predicted octanol–water partition coefficient (Wildman–Crippen LogP) is 3.57. The molecule has 0 bridgehead atoms. The van der Waals surface area contributed by atoms with E-state index >= 15 is 0 Å². The lowest BCUT2D eigenvalue weighted by Gasteiger charge is -2.25. The molecular formula is C20H23FN2O. The van der Waals surface area contributed by atoms with Crippen LogP contribution >= 0.6 is 0 Å². The largest absolute Gasteiger partial charge is 0.399 e. The molecule has 0 aliphatic carbocycles. The van der Waals surface area contributed by atoms with Crippen molar-refractivity contribution in [2.45, 2.75) is 38.1 Å². The van der Waals surface area contributed by atoms with Crippen molar-refractivity contribution < 1.29 is 9.18 Å². The number of amides is 1. The number of hydrogen-bond acceptors (Lipinski definition) is 2. The minimum atomic E-state index is -0.220. The lowest BCUT2D eigenvalue weighted by atomic mass is 10.0. The molecule has 1 aliphatic heterocycles. The van der Waals surface area contributed by atoms with Crippen molar-refractivity contribution in [2.24, 2.45) is 0 Å². The van der Waals surface area contributed by atoms with E-state index in [0.29, 0.717) is 12.8 Å². The van der Waals surface area contributed by atoms with E-state index in [1.54, 1.807) is 12.1 Å². The van der Waals surface area contributed by atoms with E-state index < -0.39 is 0 Å². The van der Waals surface area contributed by atoms with Crippen molar-refractivity contribution in [3.8, 4) is 0 Å². The minimum absolute atomic E-state index is 0.164. The van der Waals surface area contributed by atoms with E-state index in [4.69, 9.17) is 5.73 Å². The molecule has 0 saturated carbocycles. The van der Waals surface area contributed by atoms with E-state index in [1.807, 2.05) is 35.2 Å². The van der Waals surface area contributed by atoms with Gasteiger partial charge < -0.3 is 10.6 Å². The highest BCUT2D eigenvalue weighted by atomic mass is 19.1. The summed E-state index contributed by atoms with van der Waals surface area (Å²) in [4.78, 5) is 14.6. The number of benzene rings is 2. The third-order valence-corrected chi connectivity index (χ3v) is 4.72. The molecule has 1 fully saturated rings. The van der Waals surface area contributed by atoms with Crippen molar-refractivity contribution in [2.75, 3.05) is 12.3 Å². The number of para-hydroxylation sites is 1. The summed E-state index contributed by atoms with van der Waals surface area (Å²) in [6.07, 6.45) is 3.84. The van der Waals surface area contributed by atoms with Gasteiger partial charge in [-0.1, -0.05) is 30.3 Å². The van der Waals surface area contributed by atoms with Crippen LogP contribution in [0, 0.1) is 5.82 Å². The molecule has 126 valence electrons. The second-order valence-corrected chi connectivity index (χ2v) is 6.42. The van der Waals surface area contributed by atoms with Crippen LogP contribution in [0.3, 0.4) is 0 Å². The molecule has 1 atom stereocenters. The smallest absolute Gasteiger partial charge is 0.223 e. The summed E-state index contributed by atoms with van der Waals surface area (Å²) in [5.41, 5.74) is 8.65. The Balaban J connectivity index is 1.60. The van der Waals surface area contributed by atoms with Crippen LogP contribution in [-0.4, -0.2) is 23.4 Å². The van der Waals surface area contributed by atoms with E-state index in [1.165, 1.54) is 6.07 Å². The normalized spacial score (nSPS) is 17.2. The Morgan fingerprint density at radius 1 is 1.21 bits per heavy atom. The van der Waals surface area contributed by atoms with Crippen LogP contribution in [0.1, 0.15) is 30.4 Å². The van der Waals surface area contributed by atoms with Gasteiger partial charge in [0.15, 0.2) is 0 Å². The van der Waals surface area contributed by atoms with Gasteiger partial charge >= 0.3 is 0 Å². The summed E-state index contributed by atoms with van der Waals surface area (Å²) in [7, 11) is 0. The quantitative estimate of drug-likeness (QED) is 0.854. The Hall–Kier alpha value is -2.36. The molecule has 0 aromatic heterocycles. The lowest BCUT2D eigenvalue weighted by Crippen LogP contribution is -2.37. The first-order chi connectivity index (χ1) is 11.6. The summed E-state index contributed by atoms with van der Waals surface area (Å²) >= 11 is 0. The van der Waals surface area contributed by atoms with Crippen molar-refractivity contribution >= 4 is 11.6 Å². The van der Waals surface area contributed by atoms with Gasteiger partial charge in [0.25, 0.3) is 0 Å². The number of likely N-dealkylation sites (tertiary alicyclic amines) is 1. The zero-order valence-electron chi connectivity index (χ0n) is 13.7. The van der Waals surface area contributed by atoms with E-state index in [0.717, 1.165) is 42.6 Å². The van der Waals surface area contributed by atoms with Gasteiger partial charge in [-0.05, 0) is 55.0 Å². The first-order valence-electron chi connectivity index (χ1n) is 8.51.